The molecule has 0 amide bonds. The molecule has 0 spiro atoms. The van der Waals surface area contributed by atoms with Crippen molar-refractivity contribution >= 4 is 15.9 Å². The van der Waals surface area contributed by atoms with Crippen molar-refractivity contribution in [2.75, 3.05) is 6.61 Å². The van der Waals surface area contributed by atoms with Crippen LogP contribution in [0, 0.1) is 6.92 Å². The molecule has 3 heteroatoms. The van der Waals surface area contributed by atoms with Gasteiger partial charge in [0, 0.05) is 9.89 Å². The molecule has 76 valence electrons. The van der Waals surface area contributed by atoms with E-state index in [0.717, 1.165) is 4.47 Å². The Bertz CT molecular complexity index is 347. The van der Waals surface area contributed by atoms with Gasteiger partial charge in [0.2, 0.25) is 0 Å². The van der Waals surface area contributed by atoms with Gasteiger partial charge in [-0.3, -0.25) is 0 Å². The zero-order valence-corrected chi connectivity index (χ0v) is 9.80. The van der Waals surface area contributed by atoms with Crippen LogP contribution in [0.5, 0.6) is 0 Å². The number of nitrogens with two attached hydrogens (primary N) is 1. The number of halogens is 1. The smallest absolute Gasteiger partial charge is 0.0775 e. The molecule has 2 N–H and O–H groups in total. The SMILES string of the molecule is Cc1cc(C2(CON)CC2)ccc1Br. The van der Waals surface area contributed by atoms with Crippen molar-refractivity contribution in [2.24, 2.45) is 5.90 Å². The maximum Gasteiger partial charge on any atom is 0.0775 e. The average molecular weight is 256 g/mol. The van der Waals surface area contributed by atoms with Gasteiger partial charge in [-0.05, 0) is 37.0 Å². The van der Waals surface area contributed by atoms with Gasteiger partial charge in [0.25, 0.3) is 0 Å². The zero-order chi connectivity index (χ0) is 10.2. The number of hydrogen-bond acceptors (Lipinski definition) is 2. The Labute approximate surface area is 92.5 Å². The normalized spacial score (nSPS) is 18.2. The molecule has 0 heterocycles. The summed E-state index contributed by atoms with van der Waals surface area (Å²) in [5, 5.41) is 0. The molecule has 1 aliphatic carbocycles. The lowest BCUT2D eigenvalue weighted by Gasteiger charge is -2.14. The summed E-state index contributed by atoms with van der Waals surface area (Å²) in [6, 6.07) is 6.47. The van der Waals surface area contributed by atoms with Gasteiger partial charge in [0.1, 0.15) is 0 Å². The Morgan fingerprint density at radius 3 is 2.71 bits per heavy atom. The van der Waals surface area contributed by atoms with Crippen molar-refractivity contribution in [1.29, 1.82) is 0 Å². The fourth-order valence-electron chi connectivity index (χ4n) is 1.80. The van der Waals surface area contributed by atoms with E-state index in [1.165, 1.54) is 24.0 Å². The van der Waals surface area contributed by atoms with Crippen LogP contribution in [0.25, 0.3) is 0 Å². The van der Waals surface area contributed by atoms with Crippen LogP contribution in [-0.2, 0) is 10.3 Å². The van der Waals surface area contributed by atoms with Crippen LogP contribution in [-0.4, -0.2) is 6.61 Å². The monoisotopic (exact) mass is 255 g/mol. The van der Waals surface area contributed by atoms with Crippen molar-refractivity contribution in [3.8, 4) is 0 Å². The Hall–Kier alpha value is -0.380. The van der Waals surface area contributed by atoms with Crippen molar-refractivity contribution in [2.45, 2.75) is 25.2 Å². The Morgan fingerprint density at radius 2 is 2.21 bits per heavy atom. The predicted molar refractivity (Wildman–Crippen MR) is 59.9 cm³/mol. The molecule has 14 heavy (non-hydrogen) atoms. The van der Waals surface area contributed by atoms with E-state index in [4.69, 9.17) is 10.7 Å². The highest BCUT2D eigenvalue weighted by molar-refractivity contribution is 9.10. The van der Waals surface area contributed by atoms with Crippen molar-refractivity contribution in [3.05, 3.63) is 33.8 Å². The molecule has 1 fully saturated rings. The van der Waals surface area contributed by atoms with Gasteiger partial charge in [-0.25, -0.2) is 5.90 Å². The number of rotatable bonds is 3. The Kier molecular flexibility index (Phi) is 2.64. The Morgan fingerprint density at radius 1 is 1.50 bits per heavy atom. The molecule has 0 bridgehead atoms. The van der Waals surface area contributed by atoms with Crippen molar-refractivity contribution < 1.29 is 4.84 Å². The third-order valence-corrected chi connectivity index (χ3v) is 3.87. The third kappa shape index (κ3) is 1.72. The molecule has 2 nitrogen and oxygen atoms in total. The molecule has 2 rings (SSSR count). The number of aryl methyl sites for hydroxylation is 1. The molecule has 1 aromatic carbocycles. The van der Waals surface area contributed by atoms with Gasteiger partial charge in [-0.2, -0.15) is 0 Å². The fourth-order valence-corrected chi connectivity index (χ4v) is 2.05. The Balaban J connectivity index is 2.28. The summed E-state index contributed by atoms with van der Waals surface area (Å²) in [5.74, 6) is 5.15. The highest BCUT2D eigenvalue weighted by Crippen LogP contribution is 2.48. The van der Waals surface area contributed by atoms with E-state index in [9.17, 15) is 0 Å². The molecule has 1 saturated carbocycles. The van der Waals surface area contributed by atoms with Crippen LogP contribution in [0.15, 0.2) is 22.7 Å². The summed E-state index contributed by atoms with van der Waals surface area (Å²) in [4.78, 5) is 4.78. The van der Waals surface area contributed by atoms with Crippen LogP contribution >= 0.6 is 15.9 Å². The summed E-state index contributed by atoms with van der Waals surface area (Å²) in [7, 11) is 0. The van der Waals surface area contributed by atoms with Gasteiger partial charge < -0.3 is 4.84 Å². The second kappa shape index (κ2) is 3.65. The highest BCUT2D eigenvalue weighted by atomic mass is 79.9. The van der Waals surface area contributed by atoms with Crippen LogP contribution in [0.2, 0.25) is 0 Å². The molecule has 0 saturated heterocycles. The average Bonchev–Trinajstić information content (AvgIpc) is 2.91. The molecule has 1 aliphatic rings. The lowest BCUT2D eigenvalue weighted by molar-refractivity contribution is 0.116. The highest BCUT2D eigenvalue weighted by Gasteiger charge is 2.44. The van der Waals surface area contributed by atoms with E-state index in [1.54, 1.807) is 0 Å². The maximum atomic E-state index is 5.15. The summed E-state index contributed by atoms with van der Waals surface area (Å²) in [6.07, 6.45) is 2.37. The summed E-state index contributed by atoms with van der Waals surface area (Å²) in [6.45, 7) is 2.74. The molecular formula is C11H14BrNO. The molecule has 0 unspecified atom stereocenters. The summed E-state index contributed by atoms with van der Waals surface area (Å²) >= 11 is 3.50. The van der Waals surface area contributed by atoms with Gasteiger partial charge in [0.15, 0.2) is 0 Å². The van der Waals surface area contributed by atoms with Gasteiger partial charge in [-0.15, -0.1) is 0 Å². The van der Waals surface area contributed by atoms with Crippen LogP contribution < -0.4 is 5.90 Å². The lowest BCUT2D eigenvalue weighted by atomic mass is 9.95. The van der Waals surface area contributed by atoms with E-state index >= 15 is 0 Å². The predicted octanol–water partition coefficient (Wildman–Crippen LogP) is 2.68. The third-order valence-electron chi connectivity index (χ3n) is 2.98. The number of benzene rings is 1. The maximum absolute atomic E-state index is 5.15. The first kappa shape index (κ1) is 10.1. The minimum Gasteiger partial charge on any atom is -0.304 e. The minimum atomic E-state index is 0.209. The molecule has 1 aromatic rings. The van der Waals surface area contributed by atoms with Crippen molar-refractivity contribution in [3.63, 3.8) is 0 Å². The molecule has 0 aliphatic heterocycles. The molecule has 0 radical (unpaired) electrons. The van der Waals surface area contributed by atoms with E-state index in [-0.39, 0.29) is 5.41 Å². The fraction of sp³-hybridized carbons (Fsp3) is 0.455. The molecule has 0 aromatic heterocycles. The first-order valence-corrected chi connectivity index (χ1v) is 5.56. The second-order valence-electron chi connectivity index (χ2n) is 4.06. The minimum absolute atomic E-state index is 0.209. The summed E-state index contributed by atoms with van der Waals surface area (Å²) < 4.78 is 1.16. The van der Waals surface area contributed by atoms with Crippen LogP contribution in [0.3, 0.4) is 0 Å². The van der Waals surface area contributed by atoms with Gasteiger partial charge in [-0.1, -0.05) is 28.1 Å². The standard InChI is InChI=1S/C11H14BrNO/c1-8-6-9(2-3-10(8)12)11(4-5-11)7-14-13/h2-3,6H,4-5,7,13H2,1H3. The molecule has 0 atom stereocenters. The number of hydrogen-bond donors (Lipinski definition) is 1. The lowest BCUT2D eigenvalue weighted by Crippen LogP contribution is -2.18. The topological polar surface area (TPSA) is 35.2 Å². The van der Waals surface area contributed by atoms with Gasteiger partial charge in [0.05, 0.1) is 6.61 Å². The van der Waals surface area contributed by atoms with Gasteiger partial charge >= 0.3 is 0 Å². The summed E-state index contributed by atoms with van der Waals surface area (Å²) in [5.41, 5.74) is 2.83. The van der Waals surface area contributed by atoms with E-state index in [1.807, 2.05) is 0 Å². The van der Waals surface area contributed by atoms with Crippen LogP contribution in [0.4, 0.5) is 0 Å². The first-order chi connectivity index (χ1) is 6.68. The first-order valence-electron chi connectivity index (χ1n) is 4.76. The molecular weight excluding hydrogens is 242 g/mol. The van der Waals surface area contributed by atoms with E-state index < -0.39 is 0 Å². The van der Waals surface area contributed by atoms with Crippen molar-refractivity contribution in [1.82, 2.24) is 0 Å². The quantitative estimate of drug-likeness (QED) is 0.844. The largest absolute Gasteiger partial charge is 0.304 e. The van der Waals surface area contributed by atoms with E-state index in [0.29, 0.717) is 6.61 Å². The van der Waals surface area contributed by atoms with E-state index in [2.05, 4.69) is 41.1 Å². The van der Waals surface area contributed by atoms with Crippen LogP contribution in [0.1, 0.15) is 24.0 Å². The second-order valence-corrected chi connectivity index (χ2v) is 4.91. The zero-order valence-electron chi connectivity index (χ0n) is 8.22.